The van der Waals surface area contributed by atoms with Crippen LogP contribution in [0.1, 0.15) is 5.56 Å². The van der Waals surface area contributed by atoms with Gasteiger partial charge in [-0.3, -0.25) is 0 Å². The van der Waals surface area contributed by atoms with Crippen LogP contribution in [0.5, 0.6) is 17.2 Å². The summed E-state index contributed by atoms with van der Waals surface area (Å²) in [6.07, 6.45) is -7.49. The Labute approximate surface area is 165 Å². The van der Waals surface area contributed by atoms with Crippen molar-refractivity contribution in [3.63, 3.8) is 0 Å². The molecule has 1 aliphatic rings. The number of ether oxygens (including phenoxy) is 3. The van der Waals surface area contributed by atoms with Gasteiger partial charge in [-0.1, -0.05) is 0 Å². The van der Waals surface area contributed by atoms with Gasteiger partial charge in [0.15, 0.2) is 0 Å². The summed E-state index contributed by atoms with van der Waals surface area (Å²) >= 11 is 0. The molecule has 0 amide bonds. The second-order valence-electron chi connectivity index (χ2n) is 6.63. The van der Waals surface area contributed by atoms with Crippen molar-refractivity contribution in [3.8, 4) is 28.6 Å². The number of aliphatic hydroxyl groups excluding tert-OH is 4. The summed E-state index contributed by atoms with van der Waals surface area (Å²) in [5.74, 6) is 0.119. The molecule has 10 nitrogen and oxygen atoms in total. The van der Waals surface area contributed by atoms with Gasteiger partial charge in [0, 0.05) is 12.1 Å². The lowest BCUT2D eigenvalue weighted by molar-refractivity contribution is -0.277. The van der Waals surface area contributed by atoms with Crippen molar-refractivity contribution in [1.82, 2.24) is 0 Å². The van der Waals surface area contributed by atoms with E-state index in [0.717, 1.165) is 6.07 Å². The predicted molar refractivity (Wildman–Crippen MR) is 97.8 cm³/mol. The van der Waals surface area contributed by atoms with Gasteiger partial charge in [-0.05, 0) is 18.6 Å². The van der Waals surface area contributed by atoms with Crippen LogP contribution in [0.2, 0.25) is 0 Å². The molecule has 1 fully saturated rings. The van der Waals surface area contributed by atoms with Crippen LogP contribution in [0.3, 0.4) is 0 Å². The first-order chi connectivity index (χ1) is 13.7. The molecule has 2 aromatic rings. The molecule has 1 aromatic heterocycles. The molecule has 10 heteroatoms. The number of methoxy groups -OCH3 is 1. The van der Waals surface area contributed by atoms with Crippen LogP contribution in [-0.2, 0) is 4.74 Å². The summed E-state index contributed by atoms with van der Waals surface area (Å²) in [6.45, 7) is 1.01. The monoisotopic (exact) mass is 410 g/mol. The van der Waals surface area contributed by atoms with Gasteiger partial charge in [-0.25, -0.2) is 4.79 Å². The second kappa shape index (κ2) is 8.39. The zero-order valence-electron chi connectivity index (χ0n) is 15.7. The number of hydrogen-bond donors (Lipinski definition) is 5. The molecule has 2 heterocycles. The van der Waals surface area contributed by atoms with Crippen molar-refractivity contribution in [2.45, 2.75) is 37.6 Å². The number of rotatable bonds is 5. The number of phenols is 1. The maximum Gasteiger partial charge on any atom is 0.339 e. The highest BCUT2D eigenvalue weighted by atomic mass is 16.7. The molecular formula is C19H22O10. The van der Waals surface area contributed by atoms with Gasteiger partial charge in [0.1, 0.15) is 47.4 Å². The smallest absolute Gasteiger partial charge is 0.339 e. The lowest BCUT2D eigenvalue weighted by atomic mass is 9.99. The zero-order valence-corrected chi connectivity index (χ0v) is 15.7. The predicted octanol–water partition coefficient (Wildman–Crippen LogP) is -0.492. The first-order valence-corrected chi connectivity index (χ1v) is 8.75. The molecule has 5 N–H and O–H groups in total. The van der Waals surface area contributed by atoms with Crippen LogP contribution in [0.25, 0.3) is 11.3 Å². The van der Waals surface area contributed by atoms with Crippen molar-refractivity contribution in [3.05, 3.63) is 40.2 Å². The molecule has 0 aliphatic carbocycles. The summed E-state index contributed by atoms with van der Waals surface area (Å²) in [6, 6.07) is 5.22. The molecule has 1 aliphatic heterocycles. The highest BCUT2D eigenvalue weighted by molar-refractivity contribution is 5.72. The third-order valence-electron chi connectivity index (χ3n) is 4.60. The van der Waals surface area contributed by atoms with Crippen LogP contribution in [0.15, 0.2) is 33.5 Å². The van der Waals surface area contributed by atoms with Gasteiger partial charge in [-0.15, -0.1) is 0 Å². The van der Waals surface area contributed by atoms with E-state index in [9.17, 15) is 30.3 Å². The average Bonchev–Trinajstić information content (AvgIpc) is 2.67. The third kappa shape index (κ3) is 4.21. The molecule has 3 rings (SSSR count). The van der Waals surface area contributed by atoms with Crippen molar-refractivity contribution in [1.29, 1.82) is 0 Å². The Bertz CT molecular complexity index is 922. The van der Waals surface area contributed by atoms with Gasteiger partial charge in [0.25, 0.3) is 0 Å². The van der Waals surface area contributed by atoms with E-state index in [1.807, 2.05) is 0 Å². The number of aryl methyl sites for hydroxylation is 1. The van der Waals surface area contributed by atoms with Crippen molar-refractivity contribution >= 4 is 0 Å². The lowest BCUT2D eigenvalue weighted by Gasteiger charge is -2.39. The van der Waals surface area contributed by atoms with Crippen molar-refractivity contribution in [2.24, 2.45) is 0 Å². The van der Waals surface area contributed by atoms with Gasteiger partial charge in [0.2, 0.25) is 6.29 Å². The molecular weight excluding hydrogens is 388 g/mol. The van der Waals surface area contributed by atoms with Crippen molar-refractivity contribution in [2.75, 3.05) is 13.7 Å². The Morgan fingerprint density at radius 3 is 2.45 bits per heavy atom. The number of benzene rings is 1. The third-order valence-corrected chi connectivity index (χ3v) is 4.60. The number of phenolic OH excluding ortho intramolecular Hbond substituents is 1. The van der Waals surface area contributed by atoms with Crippen LogP contribution in [0.4, 0.5) is 0 Å². The van der Waals surface area contributed by atoms with Gasteiger partial charge < -0.3 is 44.2 Å². The van der Waals surface area contributed by atoms with Crippen LogP contribution in [0, 0.1) is 6.92 Å². The largest absolute Gasteiger partial charge is 0.508 e. The highest BCUT2D eigenvalue weighted by Gasteiger charge is 2.45. The molecule has 0 bridgehead atoms. The number of aromatic hydroxyl groups is 1. The molecule has 1 aromatic carbocycles. The Morgan fingerprint density at radius 1 is 1.07 bits per heavy atom. The van der Waals surface area contributed by atoms with E-state index in [0.29, 0.717) is 5.56 Å². The molecule has 0 radical (unpaired) electrons. The summed E-state index contributed by atoms with van der Waals surface area (Å²) in [4.78, 5) is 11.8. The molecule has 0 unspecified atom stereocenters. The standard InChI is InChI=1S/C19H22O10/c1-8-3-9(21)4-11(15(8)12-5-10(26-2)6-14(22)27-12)28-19-18(25)17(24)16(23)13(7-20)29-19/h3-6,13,16-21,23-25H,7H2,1-2H3/t13-,16+,17+,18-,19-/m0/s1. The fourth-order valence-electron chi connectivity index (χ4n) is 3.13. The van der Waals surface area contributed by atoms with Gasteiger partial charge >= 0.3 is 5.63 Å². The lowest BCUT2D eigenvalue weighted by Crippen LogP contribution is -2.60. The molecule has 0 saturated carbocycles. The molecule has 5 atom stereocenters. The summed E-state index contributed by atoms with van der Waals surface area (Å²) in [5, 5.41) is 49.4. The molecule has 158 valence electrons. The first kappa shape index (κ1) is 21.1. The zero-order chi connectivity index (χ0) is 21.3. The maximum absolute atomic E-state index is 11.8. The Hall–Kier alpha value is -2.63. The van der Waals surface area contributed by atoms with E-state index in [1.165, 1.54) is 25.3 Å². The minimum atomic E-state index is -1.65. The van der Waals surface area contributed by atoms with E-state index >= 15 is 0 Å². The topological polar surface area (TPSA) is 159 Å². The van der Waals surface area contributed by atoms with E-state index in [1.54, 1.807) is 6.92 Å². The second-order valence-corrected chi connectivity index (χ2v) is 6.63. The minimum absolute atomic E-state index is 0.0248. The van der Waals surface area contributed by atoms with Crippen LogP contribution < -0.4 is 15.1 Å². The normalized spacial score (nSPS) is 26.9. The first-order valence-electron chi connectivity index (χ1n) is 8.75. The quantitative estimate of drug-likeness (QED) is 0.435. The fourth-order valence-corrected chi connectivity index (χ4v) is 3.13. The summed E-state index contributed by atoms with van der Waals surface area (Å²) in [7, 11) is 1.38. The number of aliphatic hydroxyl groups is 4. The van der Waals surface area contributed by atoms with E-state index in [-0.39, 0.29) is 28.6 Å². The van der Waals surface area contributed by atoms with E-state index in [2.05, 4.69) is 0 Å². The molecule has 0 spiro atoms. The van der Waals surface area contributed by atoms with Crippen molar-refractivity contribution < 1.29 is 44.2 Å². The molecule has 1 saturated heterocycles. The fraction of sp³-hybridized carbons (Fsp3) is 0.421. The average molecular weight is 410 g/mol. The highest BCUT2D eigenvalue weighted by Crippen LogP contribution is 2.38. The Morgan fingerprint density at radius 2 is 1.79 bits per heavy atom. The summed E-state index contributed by atoms with van der Waals surface area (Å²) in [5.41, 5.74) is 0.0716. The van der Waals surface area contributed by atoms with Crippen LogP contribution in [-0.4, -0.2) is 70.0 Å². The van der Waals surface area contributed by atoms with E-state index < -0.39 is 42.9 Å². The number of hydrogen-bond acceptors (Lipinski definition) is 10. The molecule has 29 heavy (non-hydrogen) atoms. The Kier molecular flexibility index (Phi) is 6.10. The van der Waals surface area contributed by atoms with Gasteiger partial charge in [-0.2, -0.15) is 0 Å². The van der Waals surface area contributed by atoms with Gasteiger partial charge in [0.05, 0.1) is 25.3 Å². The Balaban J connectivity index is 2.04. The SMILES string of the molecule is COc1cc(-c2c(C)cc(O)cc2O[C@H]2O[C@@H](CO)[C@@H](O)[C@@H](O)[C@@H]2O)oc(=O)c1. The minimum Gasteiger partial charge on any atom is -0.508 e. The van der Waals surface area contributed by atoms with E-state index in [4.69, 9.17) is 18.6 Å². The summed E-state index contributed by atoms with van der Waals surface area (Å²) < 4.78 is 21.3. The maximum atomic E-state index is 11.8. The van der Waals surface area contributed by atoms with Crippen LogP contribution >= 0.6 is 0 Å².